The lowest BCUT2D eigenvalue weighted by Gasteiger charge is -2.37. The zero-order valence-electron chi connectivity index (χ0n) is 11.0. The van der Waals surface area contributed by atoms with Crippen LogP contribution in [0, 0.1) is 11.6 Å². The van der Waals surface area contributed by atoms with Gasteiger partial charge in [0.15, 0.2) is 23.0 Å². The molecule has 0 aliphatic heterocycles. The van der Waals surface area contributed by atoms with E-state index in [-0.39, 0.29) is 17.8 Å². The molecule has 0 radical (unpaired) electrons. The monoisotopic (exact) mass is 294 g/mol. The number of carboxylic acids is 1. The van der Waals surface area contributed by atoms with E-state index in [9.17, 15) is 18.7 Å². The van der Waals surface area contributed by atoms with Crippen LogP contribution in [0.5, 0.6) is 0 Å². The summed E-state index contributed by atoms with van der Waals surface area (Å²) in [4.78, 5) is 11.5. The third-order valence-corrected chi connectivity index (χ3v) is 3.90. The van der Waals surface area contributed by atoms with Gasteiger partial charge in [-0.25, -0.2) is 18.3 Å². The summed E-state index contributed by atoms with van der Waals surface area (Å²) in [5, 5.41) is 20.4. The summed E-state index contributed by atoms with van der Waals surface area (Å²) in [7, 11) is 0. The van der Waals surface area contributed by atoms with E-state index in [4.69, 9.17) is 0 Å². The molecule has 1 aromatic heterocycles. The third kappa shape index (κ3) is 2.07. The fourth-order valence-electron chi connectivity index (χ4n) is 2.53. The van der Waals surface area contributed by atoms with Crippen LogP contribution in [0.15, 0.2) is 18.2 Å². The van der Waals surface area contributed by atoms with Crippen LogP contribution in [-0.4, -0.2) is 31.3 Å². The van der Waals surface area contributed by atoms with Crippen LogP contribution in [0.2, 0.25) is 0 Å². The molecule has 1 N–H and O–H groups in total. The summed E-state index contributed by atoms with van der Waals surface area (Å²) in [6.07, 6.45) is 1.55. The molecule has 0 spiro atoms. The second-order valence-corrected chi connectivity index (χ2v) is 5.09. The number of halogens is 2. The predicted molar refractivity (Wildman–Crippen MR) is 66.4 cm³/mol. The summed E-state index contributed by atoms with van der Waals surface area (Å²) in [6.45, 7) is 0. The molecule has 3 rings (SSSR count). The topological polar surface area (TPSA) is 80.9 Å². The first kappa shape index (κ1) is 13.6. The number of hydrogen-bond acceptors (Lipinski definition) is 4. The molecule has 1 aliphatic rings. The standard InChI is InChI=1S/C13H12F2N4O2/c14-9-4-1-3-8(11(9)15)7-10-16-17-18-19(10)13(12(20)21)5-2-6-13/h1,3-4H,2,5-7H2,(H,20,21). The molecule has 0 saturated heterocycles. The quantitative estimate of drug-likeness (QED) is 0.924. The van der Waals surface area contributed by atoms with E-state index in [2.05, 4.69) is 15.5 Å². The molecule has 8 heteroatoms. The molecule has 1 aromatic carbocycles. The van der Waals surface area contributed by atoms with Gasteiger partial charge < -0.3 is 5.11 Å². The highest BCUT2D eigenvalue weighted by Crippen LogP contribution is 2.39. The first-order valence-corrected chi connectivity index (χ1v) is 6.48. The van der Waals surface area contributed by atoms with Crippen LogP contribution in [-0.2, 0) is 16.8 Å². The Bertz CT molecular complexity index is 697. The van der Waals surface area contributed by atoms with Gasteiger partial charge in [0.1, 0.15) is 0 Å². The van der Waals surface area contributed by atoms with E-state index in [1.54, 1.807) is 0 Å². The summed E-state index contributed by atoms with van der Waals surface area (Å²) in [5.74, 6) is -2.73. The molecule has 2 aromatic rings. The molecule has 0 amide bonds. The number of hydrogen-bond donors (Lipinski definition) is 1. The van der Waals surface area contributed by atoms with Crippen molar-refractivity contribution < 1.29 is 18.7 Å². The fraction of sp³-hybridized carbons (Fsp3) is 0.385. The van der Waals surface area contributed by atoms with Gasteiger partial charge in [-0.3, -0.25) is 0 Å². The first-order valence-electron chi connectivity index (χ1n) is 6.48. The minimum atomic E-state index is -1.16. The van der Waals surface area contributed by atoms with Crippen molar-refractivity contribution in [3.63, 3.8) is 0 Å². The van der Waals surface area contributed by atoms with Gasteiger partial charge in [-0.1, -0.05) is 12.1 Å². The van der Waals surface area contributed by atoms with Crippen molar-refractivity contribution in [3.8, 4) is 0 Å². The van der Waals surface area contributed by atoms with Gasteiger partial charge in [0, 0.05) is 6.42 Å². The maximum absolute atomic E-state index is 13.7. The van der Waals surface area contributed by atoms with Gasteiger partial charge in [0.25, 0.3) is 0 Å². The number of aliphatic carboxylic acids is 1. The zero-order chi connectivity index (χ0) is 15.0. The normalized spacial score (nSPS) is 16.5. The second kappa shape index (κ2) is 4.87. The van der Waals surface area contributed by atoms with E-state index in [1.807, 2.05) is 0 Å². The van der Waals surface area contributed by atoms with Crippen molar-refractivity contribution in [3.05, 3.63) is 41.2 Å². The third-order valence-electron chi connectivity index (χ3n) is 3.90. The molecule has 0 bridgehead atoms. The molecular formula is C13H12F2N4O2. The molecule has 1 saturated carbocycles. The summed E-state index contributed by atoms with van der Waals surface area (Å²) in [6, 6.07) is 3.83. The van der Waals surface area contributed by atoms with Crippen LogP contribution in [0.25, 0.3) is 0 Å². The molecular weight excluding hydrogens is 282 g/mol. The Kier molecular flexibility index (Phi) is 3.15. The van der Waals surface area contributed by atoms with Crippen LogP contribution in [0.3, 0.4) is 0 Å². The minimum absolute atomic E-state index is 0.0639. The van der Waals surface area contributed by atoms with Crippen molar-refractivity contribution in [2.24, 2.45) is 0 Å². The lowest BCUT2D eigenvalue weighted by atomic mass is 9.77. The molecule has 6 nitrogen and oxygen atoms in total. The van der Waals surface area contributed by atoms with Gasteiger partial charge >= 0.3 is 5.97 Å². The summed E-state index contributed by atoms with van der Waals surface area (Å²) >= 11 is 0. The van der Waals surface area contributed by atoms with Crippen molar-refractivity contribution >= 4 is 5.97 Å². The molecule has 1 aliphatic carbocycles. The minimum Gasteiger partial charge on any atom is -0.479 e. The van der Waals surface area contributed by atoms with E-state index >= 15 is 0 Å². The lowest BCUT2D eigenvalue weighted by Crippen LogP contribution is -2.49. The molecule has 0 unspecified atom stereocenters. The number of carboxylic acid groups (broad SMARTS) is 1. The summed E-state index contributed by atoms with van der Waals surface area (Å²) < 4.78 is 28.2. The highest BCUT2D eigenvalue weighted by atomic mass is 19.2. The Morgan fingerprint density at radius 1 is 1.38 bits per heavy atom. The smallest absolute Gasteiger partial charge is 0.331 e. The van der Waals surface area contributed by atoms with Gasteiger partial charge in [0.2, 0.25) is 0 Å². The van der Waals surface area contributed by atoms with Crippen molar-refractivity contribution in [1.82, 2.24) is 20.2 Å². The maximum Gasteiger partial charge on any atom is 0.331 e. The summed E-state index contributed by atoms with van der Waals surface area (Å²) in [5.41, 5.74) is -1.08. The van der Waals surface area contributed by atoms with Crippen LogP contribution >= 0.6 is 0 Å². The number of tetrazole rings is 1. The van der Waals surface area contributed by atoms with Gasteiger partial charge in [0.05, 0.1) is 0 Å². The number of benzene rings is 1. The molecule has 21 heavy (non-hydrogen) atoms. The van der Waals surface area contributed by atoms with Crippen LogP contribution in [0.1, 0.15) is 30.7 Å². The maximum atomic E-state index is 13.7. The molecule has 0 atom stereocenters. The van der Waals surface area contributed by atoms with E-state index in [0.29, 0.717) is 12.8 Å². The van der Waals surface area contributed by atoms with Crippen LogP contribution in [0.4, 0.5) is 8.78 Å². The zero-order valence-corrected chi connectivity index (χ0v) is 11.0. The average Bonchev–Trinajstić information content (AvgIpc) is 2.82. The predicted octanol–water partition coefficient (Wildman–Crippen LogP) is 1.51. The van der Waals surface area contributed by atoms with Gasteiger partial charge in [-0.15, -0.1) is 5.10 Å². The van der Waals surface area contributed by atoms with E-state index in [0.717, 1.165) is 12.5 Å². The Balaban J connectivity index is 1.97. The fourth-order valence-corrected chi connectivity index (χ4v) is 2.53. The Labute approximate surface area is 118 Å². The number of rotatable bonds is 4. The Hall–Kier alpha value is -2.38. The van der Waals surface area contributed by atoms with Crippen molar-refractivity contribution in [2.75, 3.05) is 0 Å². The number of aromatic nitrogens is 4. The second-order valence-electron chi connectivity index (χ2n) is 5.09. The molecule has 1 heterocycles. The first-order chi connectivity index (χ1) is 10.0. The molecule has 1 fully saturated rings. The average molecular weight is 294 g/mol. The Morgan fingerprint density at radius 3 is 2.76 bits per heavy atom. The Morgan fingerprint density at radius 2 is 2.14 bits per heavy atom. The van der Waals surface area contributed by atoms with Crippen molar-refractivity contribution in [2.45, 2.75) is 31.2 Å². The SMILES string of the molecule is O=C(O)C1(n2nnnc2Cc2cccc(F)c2F)CCC1. The highest BCUT2D eigenvalue weighted by Gasteiger charge is 2.48. The highest BCUT2D eigenvalue weighted by molar-refractivity contribution is 5.77. The van der Waals surface area contributed by atoms with Gasteiger partial charge in [-0.05, 0) is 41.3 Å². The lowest BCUT2D eigenvalue weighted by molar-refractivity contribution is -0.153. The van der Waals surface area contributed by atoms with E-state index < -0.39 is 23.1 Å². The largest absolute Gasteiger partial charge is 0.479 e. The van der Waals surface area contributed by atoms with Crippen LogP contribution < -0.4 is 0 Å². The molecule has 110 valence electrons. The number of nitrogens with zero attached hydrogens (tertiary/aromatic N) is 4. The van der Waals surface area contributed by atoms with Gasteiger partial charge in [-0.2, -0.15) is 0 Å². The van der Waals surface area contributed by atoms with E-state index in [1.165, 1.54) is 16.8 Å². The van der Waals surface area contributed by atoms with Crippen molar-refractivity contribution in [1.29, 1.82) is 0 Å². The number of carbonyl (C=O) groups is 1.